The molecule has 0 aromatic carbocycles. The van der Waals surface area contributed by atoms with Gasteiger partial charge in [-0.1, -0.05) is 13.8 Å². The van der Waals surface area contributed by atoms with Crippen LogP contribution in [0.2, 0.25) is 0 Å². The highest BCUT2D eigenvalue weighted by atomic mass is 16.2. The molecule has 1 N–H and O–H groups in total. The summed E-state index contributed by atoms with van der Waals surface area (Å²) >= 11 is 0. The van der Waals surface area contributed by atoms with Gasteiger partial charge >= 0.3 is 0 Å². The van der Waals surface area contributed by atoms with E-state index in [1.165, 1.54) is 0 Å². The molecule has 0 saturated carbocycles. The fraction of sp³-hybridized carbons (Fsp3) is 0.889. The lowest BCUT2D eigenvalue weighted by atomic mass is 10.4. The van der Waals surface area contributed by atoms with Gasteiger partial charge in [0.05, 0.1) is 0 Å². The third kappa shape index (κ3) is 5.13. The summed E-state index contributed by atoms with van der Waals surface area (Å²) in [5, 5.41) is 3.20. The van der Waals surface area contributed by atoms with Crippen molar-refractivity contribution >= 4 is 5.91 Å². The van der Waals surface area contributed by atoms with Crippen molar-refractivity contribution in [2.24, 2.45) is 0 Å². The van der Waals surface area contributed by atoms with Gasteiger partial charge in [0.1, 0.15) is 0 Å². The zero-order valence-corrected chi connectivity index (χ0v) is 8.39. The molecule has 72 valence electrons. The maximum atomic E-state index is 11.0. The number of rotatable bonds is 6. The summed E-state index contributed by atoms with van der Waals surface area (Å²) in [5.74, 6) is 0.176. The fourth-order valence-electron chi connectivity index (χ4n) is 1.09. The number of carbonyl (C=O) groups is 1. The topological polar surface area (TPSA) is 32.3 Å². The first-order valence-corrected chi connectivity index (χ1v) is 4.68. The predicted molar refractivity (Wildman–Crippen MR) is 51.1 cm³/mol. The monoisotopic (exact) mass is 172 g/mol. The second-order valence-electron chi connectivity index (χ2n) is 2.86. The molecule has 0 fully saturated rings. The normalized spacial score (nSPS) is 9.92. The minimum atomic E-state index is 0.176. The van der Waals surface area contributed by atoms with Gasteiger partial charge in [0, 0.05) is 26.6 Å². The number of amides is 1. The van der Waals surface area contributed by atoms with Gasteiger partial charge in [-0.15, -0.1) is 0 Å². The molecule has 0 saturated heterocycles. The smallest absolute Gasteiger partial charge is 0.219 e. The maximum absolute atomic E-state index is 11.0. The van der Waals surface area contributed by atoms with Crippen molar-refractivity contribution < 1.29 is 4.79 Å². The SMILES string of the molecule is CCCN(CCNCC)C(C)=O. The van der Waals surface area contributed by atoms with E-state index < -0.39 is 0 Å². The number of carbonyl (C=O) groups excluding carboxylic acids is 1. The van der Waals surface area contributed by atoms with E-state index in [1.807, 2.05) is 4.90 Å². The molecule has 0 aliphatic heterocycles. The number of nitrogens with one attached hydrogen (secondary N) is 1. The van der Waals surface area contributed by atoms with Crippen LogP contribution in [0, 0.1) is 0 Å². The lowest BCUT2D eigenvalue weighted by Gasteiger charge is -2.20. The molecule has 1 amide bonds. The number of hydrogen-bond acceptors (Lipinski definition) is 2. The highest BCUT2D eigenvalue weighted by Crippen LogP contribution is 1.90. The molecule has 0 aliphatic rings. The van der Waals surface area contributed by atoms with Crippen LogP contribution in [-0.2, 0) is 4.79 Å². The molecule has 0 unspecified atom stereocenters. The molecule has 0 atom stereocenters. The van der Waals surface area contributed by atoms with Gasteiger partial charge in [-0.25, -0.2) is 0 Å². The summed E-state index contributed by atoms with van der Waals surface area (Å²) in [6.45, 7) is 9.36. The fourth-order valence-corrected chi connectivity index (χ4v) is 1.09. The standard InChI is InChI=1S/C9H20N2O/c1-4-7-11(9(3)12)8-6-10-5-2/h10H,4-8H2,1-3H3. The Kier molecular flexibility index (Phi) is 6.76. The van der Waals surface area contributed by atoms with Crippen LogP contribution in [0.5, 0.6) is 0 Å². The lowest BCUT2D eigenvalue weighted by Crippen LogP contribution is -2.35. The zero-order chi connectivity index (χ0) is 9.40. The molecular formula is C9H20N2O. The van der Waals surface area contributed by atoms with Crippen LogP contribution in [-0.4, -0.2) is 37.0 Å². The summed E-state index contributed by atoms with van der Waals surface area (Å²) < 4.78 is 0. The molecule has 0 rings (SSSR count). The van der Waals surface area contributed by atoms with Gasteiger partial charge in [-0.05, 0) is 13.0 Å². The Morgan fingerprint density at radius 1 is 1.33 bits per heavy atom. The van der Waals surface area contributed by atoms with Crippen molar-refractivity contribution in [1.82, 2.24) is 10.2 Å². The van der Waals surface area contributed by atoms with Crippen molar-refractivity contribution in [1.29, 1.82) is 0 Å². The molecule has 0 aromatic rings. The van der Waals surface area contributed by atoms with Crippen molar-refractivity contribution in [3.8, 4) is 0 Å². The highest BCUT2D eigenvalue weighted by Gasteiger charge is 2.04. The molecule has 12 heavy (non-hydrogen) atoms. The maximum Gasteiger partial charge on any atom is 0.219 e. The second-order valence-corrected chi connectivity index (χ2v) is 2.86. The summed E-state index contributed by atoms with van der Waals surface area (Å²) in [6.07, 6.45) is 1.03. The van der Waals surface area contributed by atoms with Crippen LogP contribution in [0.1, 0.15) is 27.2 Å². The van der Waals surface area contributed by atoms with Crippen molar-refractivity contribution in [2.45, 2.75) is 27.2 Å². The van der Waals surface area contributed by atoms with E-state index in [2.05, 4.69) is 19.2 Å². The Hall–Kier alpha value is -0.570. The quantitative estimate of drug-likeness (QED) is 0.603. The first-order chi connectivity index (χ1) is 5.72. The zero-order valence-electron chi connectivity index (χ0n) is 8.39. The van der Waals surface area contributed by atoms with Crippen LogP contribution in [0.4, 0.5) is 0 Å². The molecule has 0 spiro atoms. The third-order valence-corrected chi connectivity index (χ3v) is 1.75. The van der Waals surface area contributed by atoms with Gasteiger partial charge in [0.2, 0.25) is 5.91 Å². The van der Waals surface area contributed by atoms with Crippen LogP contribution in [0.25, 0.3) is 0 Å². The van der Waals surface area contributed by atoms with E-state index in [0.29, 0.717) is 0 Å². The molecule has 0 aromatic heterocycles. The minimum absolute atomic E-state index is 0.176. The Morgan fingerprint density at radius 2 is 2.00 bits per heavy atom. The summed E-state index contributed by atoms with van der Waals surface area (Å²) in [6, 6.07) is 0. The summed E-state index contributed by atoms with van der Waals surface area (Å²) in [4.78, 5) is 12.9. The van der Waals surface area contributed by atoms with Crippen molar-refractivity contribution in [2.75, 3.05) is 26.2 Å². The molecule has 0 aliphatic carbocycles. The van der Waals surface area contributed by atoms with Gasteiger partial charge in [0.25, 0.3) is 0 Å². The average Bonchev–Trinajstić information content (AvgIpc) is 2.03. The largest absolute Gasteiger partial charge is 0.342 e. The van der Waals surface area contributed by atoms with E-state index in [0.717, 1.165) is 32.6 Å². The van der Waals surface area contributed by atoms with E-state index in [4.69, 9.17) is 0 Å². The van der Waals surface area contributed by atoms with Crippen LogP contribution < -0.4 is 5.32 Å². The number of nitrogens with zero attached hydrogens (tertiary/aromatic N) is 1. The van der Waals surface area contributed by atoms with Crippen LogP contribution in [0.3, 0.4) is 0 Å². The van der Waals surface area contributed by atoms with Crippen LogP contribution in [0.15, 0.2) is 0 Å². The van der Waals surface area contributed by atoms with Gasteiger partial charge in [0.15, 0.2) is 0 Å². The van der Waals surface area contributed by atoms with Crippen molar-refractivity contribution in [3.63, 3.8) is 0 Å². The van der Waals surface area contributed by atoms with E-state index in [9.17, 15) is 4.79 Å². The Bertz CT molecular complexity index is 126. The molecule has 0 heterocycles. The van der Waals surface area contributed by atoms with Gasteiger partial charge in [-0.2, -0.15) is 0 Å². The molecule has 0 radical (unpaired) electrons. The highest BCUT2D eigenvalue weighted by molar-refractivity contribution is 5.73. The first kappa shape index (κ1) is 11.4. The summed E-state index contributed by atoms with van der Waals surface area (Å²) in [7, 11) is 0. The molecule has 3 nitrogen and oxygen atoms in total. The van der Waals surface area contributed by atoms with E-state index in [1.54, 1.807) is 6.92 Å². The minimum Gasteiger partial charge on any atom is -0.342 e. The Labute approximate surface area is 75.1 Å². The molecule has 0 bridgehead atoms. The predicted octanol–water partition coefficient (Wildman–Crippen LogP) is 0.854. The van der Waals surface area contributed by atoms with Gasteiger partial charge in [-0.3, -0.25) is 4.79 Å². The van der Waals surface area contributed by atoms with E-state index in [-0.39, 0.29) is 5.91 Å². The van der Waals surface area contributed by atoms with Crippen LogP contribution >= 0.6 is 0 Å². The Balaban J connectivity index is 3.56. The van der Waals surface area contributed by atoms with E-state index >= 15 is 0 Å². The molecular weight excluding hydrogens is 152 g/mol. The third-order valence-electron chi connectivity index (χ3n) is 1.75. The molecule has 3 heteroatoms. The van der Waals surface area contributed by atoms with Gasteiger partial charge < -0.3 is 10.2 Å². The number of hydrogen-bond donors (Lipinski definition) is 1. The number of likely N-dealkylation sites (N-methyl/N-ethyl adjacent to an activating group) is 1. The lowest BCUT2D eigenvalue weighted by molar-refractivity contribution is -0.128. The second kappa shape index (κ2) is 7.10. The first-order valence-electron chi connectivity index (χ1n) is 4.68. The average molecular weight is 172 g/mol. The Morgan fingerprint density at radius 3 is 2.42 bits per heavy atom. The summed E-state index contributed by atoms with van der Waals surface area (Å²) in [5.41, 5.74) is 0. The van der Waals surface area contributed by atoms with Crippen molar-refractivity contribution in [3.05, 3.63) is 0 Å².